The molecule has 0 saturated carbocycles. The van der Waals surface area contributed by atoms with Gasteiger partial charge in [0.05, 0.1) is 12.8 Å². The van der Waals surface area contributed by atoms with E-state index in [2.05, 4.69) is 36.4 Å². The zero-order valence-corrected chi connectivity index (χ0v) is 24.2. The number of methoxy groups -OCH3 is 1. The van der Waals surface area contributed by atoms with Gasteiger partial charge < -0.3 is 21.1 Å². The quantitative estimate of drug-likeness (QED) is 0.192. The molecule has 8 nitrogen and oxygen atoms in total. The second-order valence-corrected chi connectivity index (χ2v) is 10.6. The first kappa shape index (κ1) is 28.7. The fraction of sp³-hybridized carbons (Fsp3) is 0.344. The number of hydrogen-bond acceptors (Lipinski definition) is 5. The molecule has 0 unspecified atom stereocenters. The highest BCUT2D eigenvalue weighted by Gasteiger charge is 2.23. The van der Waals surface area contributed by atoms with Gasteiger partial charge >= 0.3 is 6.03 Å². The van der Waals surface area contributed by atoms with Crippen LogP contribution in [0.25, 0.3) is 22.2 Å². The Morgan fingerprint density at radius 2 is 1.77 bits per heavy atom. The van der Waals surface area contributed by atoms with Gasteiger partial charge in [-0.15, -0.1) is 0 Å². The van der Waals surface area contributed by atoms with E-state index in [9.17, 15) is 9.59 Å². The number of pyridine rings is 2. The number of nitrogen functional groups attached to an aromatic ring is 1. The third kappa shape index (κ3) is 5.66. The lowest BCUT2D eigenvalue weighted by Gasteiger charge is -2.23. The Hall–Kier alpha value is -4.33. The van der Waals surface area contributed by atoms with E-state index in [0.29, 0.717) is 34.9 Å². The molecule has 4 rings (SSSR count). The van der Waals surface area contributed by atoms with Crippen molar-refractivity contribution in [3.63, 3.8) is 0 Å². The van der Waals surface area contributed by atoms with Gasteiger partial charge in [0, 0.05) is 34.9 Å². The van der Waals surface area contributed by atoms with Crippen LogP contribution in [0.15, 0.2) is 59.5 Å². The number of nitrogens with two attached hydrogens (primary N) is 1. The summed E-state index contributed by atoms with van der Waals surface area (Å²) in [6.45, 7) is 10.8. The number of anilines is 3. The summed E-state index contributed by atoms with van der Waals surface area (Å²) in [5, 5.41) is 6.74. The zero-order chi connectivity index (χ0) is 29.0. The van der Waals surface area contributed by atoms with Crippen molar-refractivity contribution in [3.8, 4) is 16.9 Å². The van der Waals surface area contributed by atoms with Crippen molar-refractivity contribution in [2.45, 2.75) is 65.8 Å². The summed E-state index contributed by atoms with van der Waals surface area (Å²) in [5.41, 5.74) is 11.3. The molecule has 0 spiro atoms. The number of aryl methyl sites for hydroxylation is 1. The van der Waals surface area contributed by atoms with Crippen molar-refractivity contribution in [3.05, 3.63) is 76.2 Å². The minimum absolute atomic E-state index is 0.0827. The van der Waals surface area contributed by atoms with Gasteiger partial charge in [-0.1, -0.05) is 59.2 Å². The molecular weight excluding hydrogens is 502 g/mol. The summed E-state index contributed by atoms with van der Waals surface area (Å²) < 4.78 is 7.12. The van der Waals surface area contributed by atoms with Crippen LogP contribution in [0.1, 0.15) is 70.4 Å². The second kappa shape index (κ2) is 12.2. The van der Waals surface area contributed by atoms with Gasteiger partial charge in [0.15, 0.2) is 0 Å². The summed E-state index contributed by atoms with van der Waals surface area (Å²) in [5.74, 6) is 0.876. The van der Waals surface area contributed by atoms with Crippen LogP contribution in [0.4, 0.5) is 21.9 Å². The van der Waals surface area contributed by atoms with Gasteiger partial charge in [0.25, 0.3) is 5.56 Å². The maximum atomic E-state index is 14.1. The van der Waals surface area contributed by atoms with E-state index in [0.717, 1.165) is 34.9 Å². The Balaban J connectivity index is 1.91. The molecule has 8 heteroatoms. The van der Waals surface area contributed by atoms with Gasteiger partial charge in [0.2, 0.25) is 0 Å². The first-order valence-electron chi connectivity index (χ1n) is 13.8. The number of carbonyl (C=O) groups excluding carboxylic acids is 1. The number of rotatable bonds is 9. The SMILES string of the molecule is CCCCn1c(=O)c(NC(=O)Nc2c(C(C)C)ccc(N)c2C(C)C)c(-c2cccc(OC)c2)c2cccnc21. The fourth-order valence-electron chi connectivity index (χ4n) is 5.15. The molecule has 0 fully saturated rings. The molecule has 0 bridgehead atoms. The van der Waals surface area contributed by atoms with Crippen molar-refractivity contribution in [1.82, 2.24) is 9.55 Å². The van der Waals surface area contributed by atoms with Crippen molar-refractivity contribution >= 4 is 34.1 Å². The number of aromatic nitrogens is 2. The Morgan fingerprint density at radius 3 is 2.45 bits per heavy atom. The molecule has 0 atom stereocenters. The maximum absolute atomic E-state index is 14.1. The zero-order valence-electron chi connectivity index (χ0n) is 24.2. The number of nitrogens with zero attached hydrogens (tertiary/aromatic N) is 2. The lowest BCUT2D eigenvalue weighted by molar-refractivity contribution is 0.262. The number of urea groups is 1. The maximum Gasteiger partial charge on any atom is 0.323 e. The predicted molar refractivity (Wildman–Crippen MR) is 165 cm³/mol. The molecule has 0 aliphatic rings. The molecular formula is C32H39N5O3. The molecule has 40 heavy (non-hydrogen) atoms. The second-order valence-electron chi connectivity index (χ2n) is 10.6. The molecule has 2 amide bonds. The number of hydrogen-bond donors (Lipinski definition) is 3. The number of nitrogens with one attached hydrogen (secondary N) is 2. The van der Waals surface area contributed by atoms with Crippen molar-refractivity contribution in [2.24, 2.45) is 0 Å². The van der Waals surface area contributed by atoms with E-state index in [4.69, 9.17) is 10.5 Å². The summed E-state index contributed by atoms with van der Waals surface area (Å²) in [6.07, 6.45) is 3.39. The predicted octanol–water partition coefficient (Wildman–Crippen LogP) is 7.35. The summed E-state index contributed by atoms with van der Waals surface area (Å²) >= 11 is 0. The van der Waals surface area contributed by atoms with Gasteiger partial charge in [-0.2, -0.15) is 0 Å². The molecule has 0 saturated heterocycles. The van der Waals surface area contributed by atoms with Crippen LogP contribution in [-0.2, 0) is 6.54 Å². The van der Waals surface area contributed by atoms with Gasteiger partial charge in [-0.25, -0.2) is 9.78 Å². The molecule has 0 aliphatic carbocycles. The van der Waals surface area contributed by atoms with Gasteiger partial charge in [-0.05, 0) is 59.7 Å². The molecule has 4 aromatic rings. The van der Waals surface area contributed by atoms with Crippen LogP contribution < -0.4 is 26.7 Å². The van der Waals surface area contributed by atoms with E-state index >= 15 is 0 Å². The molecule has 210 valence electrons. The normalized spacial score (nSPS) is 11.3. The number of amides is 2. The Bertz CT molecular complexity index is 1590. The smallest absolute Gasteiger partial charge is 0.323 e. The minimum Gasteiger partial charge on any atom is -0.497 e. The first-order valence-corrected chi connectivity index (χ1v) is 13.8. The van der Waals surface area contributed by atoms with Crippen LogP contribution in [0, 0.1) is 0 Å². The molecule has 2 aromatic heterocycles. The van der Waals surface area contributed by atoms with Crippen LogP contribution in [0.2, 0.25) is 0 Å². The van der Waals surface area contributed by atoms with Crippen molar-refractivity contribution in [2.75, 3.05) is 23.5 Å². The Kier molecular flexibility index (Phi) is 8.77. The number of benzene rings is 2. The summed E-state index contributed by atoms with van der Waals surface area (Å²) in [6, 6.07) is 14.5. The third-order valence-electron chi connectivity index (χ3n) is 7.10. The fourth-order valence-corrected chi connectivity index (χ4v) is 5.15. The highest BCUT2D eigenvalue weighted by Crippen LogP contribution is 2.38. The number of ether oxygens (including phenoxy) is 1. The lowest BCUT2D eigenvalue weighted by Crippen LogP contribution is -2.30. The summed E-state index contributed by atoms with van der Waals surface area (Å²) in [4.78, 5) is 32.3. The number of carbonyl (C=O) groups is 1. The molecule has 2 heterocycles. The van der Waals surface area contributed by atoms with Crippen LogP contribution in [0.3, 0.4) is 0 Å². The average molecular weight is 542 g/mol. The number of unbranched alkanes of at least 4 members (excludes halogenated alkanes) is 1. The van der Waals surface area contributed by atoms with Crippen molar-refractivity contribution < 1.29 is 9.53 Å². The van der Waals surface area contributed by atoms with Crippen LogP contribution >= 0.6 is 0 Å². The Morgan fingerprint density at radius 1 is 1.02 bits per heavy atom. The monoisotopic (exact) mass is 541 g/mol. The van der Waals surface area contributed by atoms with E-state index in [-0.39, 0.29) is 23.1 Å². The topological polar surface area (TPSA) is 111 Å². The molecule has 4 N–H and O–H groups in total. The van der Waals surface area contributed by atoms with E-state index < -0.39 is 6.03 Å². The standard InChI is InChI=1S/C32H39N5O3/c1-7-8-17-37-30-24(13-10-16-34-30)27(21-11-9-12-22(18-21)40-6)29(31(37)38)36-32(39)35-28-23(19(2)3)14-15-25(33)26(28)20(4)5/h9-16,18-20H,7-8,17,33H2,1-6H3,(H2,35,36,39). The van der Waals surface area contributed by atoms with Crippen molar-refractivity contribution in [1.29, 1.82) is 0 Å². The van der Waals surface area contributed by atoms with Gasteiger partial charge in [0.1, 0.15) is 17.1 Å². The molecule has 0 radical (unpaired) electrons. The lowest BCUT2D eigenvalue weighted by atomic mass is 9.91. The summed E-state index contributed by atoms with van der Waals surface area (Å²) in [7, 11) is 1.60. The van der Waals surface area contributed by atoms with Crippen LogP contribution in [-0.4, -0.2) is 22.7 Å². The van der Waals surface area contributed by atoms with E-state index in [1.54, 1.807) is 17.9 Å². The molecule has 2 aromatic carbocycles. The van der Waals surface area contributed by atoms with Crippen LogP contribution in [0.5, 0.6) is 5.75 Å². The highest BCUT2D eigenvalue weighted by atomic mass is 16.5. The number of fused-ring (bicyclic) bond motifs is 1. The Labute approximate surface area is 235 Å². The van der Waals surface area contributed by atoms with E-state index in [1.807, 2.05) is 62.4 Å². The largest absolute Gasteiger partial charge is 0.497 e. The molecule has 0 aliphatic heterocycles. The first-order chi connectivity index (χ1) is 19.2. The minimum atomic E-state index is -0.513. The highest BCUT2D eigenvalue weighted by molar-refractivity contribution is 6.08. The average Bonchev–Trinajstić information content (AvgIpc) is 2.93. The third-order valence-corrected chi connectivity index (χ3v) is 7.10. The van der Waals surface area contributed by atoms with Gasteiger partial charge in [-0.3, -0.25) is 9.36 Å². The van der Waals surface area contributed by atoms with E-state index in [1.165, 1.54) is 0 Å².